The first kappa shape index (κ1) is 14.7. The van der Waals surface area contributed by atoms with Crippen molar-refractivity contribution in [2.75, 3.05) is 13.1 Å². The zero-order chi connectivity index (χ0) is 16.2. The Kier molecular flexibility index (Phi) is 3.23. The number of para-hydroxylation sites is 1. The van der Waals surface area contributed by atoms with Gasteiger partial charge in [-0.05, 0) is 51.8 Å². The lowest BCUT2D eigenvalue weighted by Gasteiger charge is -2.25. The molecule has 1 amide bonds. The monoisotopic (exact) mass is 312 g/mol. The van der Waals surface area contributed by atoms with Gasteiger partial charge in [-0.1, -0.05) is 18.2 Å². The zero-order valence-electron chi connectivity index (χ0n) is 14.0. The van der Waals surface area contributed by atoms with Crippen molar-refractivity contribution in [1.29, 1.82) is 0 Å². The standard InChI is InChI=1S/C18H24N4O/c1-4-22-14-8-6-5-7-11(14)16(21-22)18(2,3)20-17(23)15-12-9-19-10-13(12)15/h5-8,12-13,15,19H,4,9-10H2,1-3H3,(H,20,23). The molecule has 2 N–H and O–H groups in total. The van der Waals surface area contributed by atoms with Crippen molar-refractivity contribution in [2.24, 2.45) is 17.8 Å². The normalized spacial score (nSPS) is 26.3. The number of nitrogens with one attached hydrogen (secondary N) is 2. The molecule has 5 nitrogen and oxygen atoms in total. The summed E-state index contributed by atoms with van der Waals surface area (Å²) in [6.45, 7) is 8.98. The first-order valence-electron chi connectivity index (χ1n) is 8.51. The molecule has 0 spiro atoms. The highest BCUT2D eigenvalue weighted by Crippen LogP contribution is 2.49. The number of hydrogen-bond donors (Lipinski definition) is 2. The van der Waals surface area contributed by atoms with Gasteiger partial charge in [0.25, 0.3) is 0 Å². The van der Waals surface area contributed by atoms with Gasteiger partial charge >= 0.3 is 0 Å². The third-order valence-electron chi connectivity index (χ3n) is 5.38. The second-order valence-electron chi connectivity index (χ2n) is 7.31. The molecule has 2 heterocycles. The molecule has 0 radical (unpaired) electrons. The van der Waals surface area contributed by atoms with Gasteiger partial charge in [0, 0.05) is 17.8 Å². The van der Waals surface area contributed by atoms with Gasteiger partial charge in [-0.2, -0.15) is 5.10 Å². The highest BCUT2D eigenvalue weighted by atomic mass is 16.2. The zero-order valence-corrected chi connectivity index (χ0v) is 14.0. The van der Waals surface area contributed by atoms with Crippen molar-refractivity contribution >= 4 is 16.8 Å². The lowest BCUT2D eigenvalue weighted by Crippen LogP contribution is -2.43. The van der Waals surface area contributed by atoms with Gasteiger partial charge in [0.2, 0.25) is 5.91 Å². The molecule has 2 atom stereocenters. The number of carbonyl (C=O) groups excluding carboxylic acids is 1. The lowest BCUT2D eigenvalue weighted by molar-refractivity contribution is -0.124. The van der Waals surface area contributed by atoms with Crippen molar-refractivity contribution in [2.45, 2.75) is 32.9 Å². The molecule has 122 valence electrons. The number of rotatable bonds is 4. The summed E-state index contributed by atoms with van der Waals surface area (Å²) in [6.07, 6.45) is 0. The average molecular weight is 312 g/mol. The van der Waals surface area contributed by atoms with E-state index in [9.17, 15) is 4.79 Å². The maximum atomic E-state index is 12.6. The smallest absolute Gasteiger partial charge is 0.224 e. The predicted molar refractivity (Wildman–Crippen MR) is 89.9 cm³/mol. The Bertz CT molecular complexity index is 753. The van der Waals surface area contributed by atoms with Crippen LogP contribution in [0.3, 0.4) is 0 Å². The van der Waals surface area contributed by atoms with E-state index < -0.39 is 5.54 Å². The lowest BCUT2D eigenvalue weighted by atomic mass is 9.96. The molecule has 1 aromatic carbocycles. The fraction of sp³-hybridized carbons (Fsp3) is 0.556. The van der Waals surface area contributed by atoms with Crippen LogP contribution in [0.1, 0.15) is 26.5 Å². The Hall–Kier alpha value is -1.88. The molecular weight excluding hydrogens is 288 g/mol. The van der Waals surface area contributed by atoms with Crippen LogP contribution < -0.4 is 10.6 Å². The molecule has 4 rings (SSSR count). The predicted octanol–water partition coefficient (Wildman–Crippen LogP) is 1.87. The molecule has 2 aromatic rings. The Labute approximate surface area is 136 Å². The fourth-order valence-corrected chi connectivity index (χ4v) is 4.09. The maximum Gasteiger partial charge on any atom is 0.224 e. The third-order valence-corrected chi connectivity index (χ3v) is 5.38. The van der Waals surface area contributed by atoms with Crippen LogP contribution in [-0.4, -0.2) is 28.8 Å². The highest BCUT2D eigenvalue weighted by Gasteiger charge is 2.57. The van der Waals surface area contributed by atoms with Crippen molar-refractivity contribution in [1.82, 2.24) is 20.4 Å². The van der Waals surface area contributed by atoms with Crippen LogP contribution in [0.25, 0.3) is 10.9 Å². The number of carbonyl (C=O) groups is 1. The van der Waals surface area contributed by atoms with Gasteiger partial charge in [0.05, 0.1) is 16.7 Å². The van der Waals surface area contributed by atoms with Crippen molar-refractivity contribution < 1.29 is 4.79 Å². The highest BCUT2D eigenvalue weighted by molar-refractivity contribution is 5.86. The van der Waals surface area contributed by atoms with Crippen molar-refractivity contribution in [3.63, 3.8) is 0 Å². The van der Waals surface area contributed by atoms with Gasteiger partial charge in [-0.15, -0.1) is 0 Å². The average Bonchev–Trinajstić information content (AvgIpc) is 2.87. The summed E-state index contributed by atoms with van der Waals surface area (Å²) in [6, 6.07) is 8.24. The first-order chi connectivity index (χ1) is 11.0. The minimum atomic E-state index is -0.471. The van der Waals surface area contributed by atoms with E-state index in [1.54, 1.807) is 0 Å². The summed E-state index contributed by atoms with van der Waals surface area (Å²) >= 11 is 0. The number of hydrogen-bond acceptors (Lipinski definition) is 3. The van der Waals surface area contributed by atoms with Crippen molar-refractivity contribution in [3.05, 3.63) is 30.0 Å². The van der Waals surface area contributed by atoms with Crippen LogP contribution in [0.5, 0.6) is 0 Å². The summed E-state index contributed by atoms with van der Waals surface area (Å²) in [4.78, 5) is 12.6. The van der Waals surface area contributed by atoms with Gasteiger partial charge in [0.1, 0.15) is 0 Å². The molecule has 1 aromatic heterocycles. The van der Waals surface area contributed by atoms with E-state index in [1.807, 2.05) is 16.8 Å². The second-order valence-corrected chi connectivity index (χ2v) is 7.31. The second kappa shape index (κ2) is 5.06. The van der Waals surface area contributed by atoms with E-state index in [0.29, 0.717) is 11.8 Å². The fourth-order valence-electron chi connectivity index (χ4n) is 4.09. The molecule has 23 heavy (non-hydrogen) atoms. The van der Waals surface area contributed by atoms with Gasteiger partial charge < -0.3 is 10.6 Å². The molecule has 2 unspecified atom stereocenters. The minimum Gasteiger partial charge on any atom is -0.345 e. The van der Waals surface area contributed by atoms with Crippen LogP contribution >= 0.6 is 0 Å². The molecule has 2 aliphatic rings. The van der Waals surface area contributed by atoms with Gasteiger partial charge in [-0.25, -0.2) is 0 Å². The summed E-state index contributed by atoms with van der Waals surface area (Å²) in [5.74, 6) is 1.45. The Morgan fingerprint density at radius 1 is 1.35 bits per heavy atom. The summed E-state index contributed by atoms with van der Waals surface area (Å²) in [5.41, 5.74) is 1.61. The van der Waals surface area contributed by atoms with E-state index in [1.165, 1.54) is 0 Å². The van der Waals surface area contributed by atoms with E-state index in [4.69, 9.17) is 5.10 Å². The Balaban J connectivity index is 1.62. The van der Waals surface area contributed by atoms with E-state index >= 15 is 0 Å². The molecule has 0 bridgehead atoms. The molecule has 1 saturated carbocycles. The summed E-state index contributed by atoms with van der Waals surface area (Å²) in [5, 5.41) is 12.5. The number of amides is 1. The topological polar surface area (TPSA) is 59.0 Å². The van der Waals surface area contributed by atoms with E-state index in [-0.39, 0.29) is 11.8 Å². The van der Waals surface area contributed by atoms with Gasteiger partial charge in [0.15, 0.2) is 0 Å². The van der Waals surface area contributed by atoms with Crippen LogP contribution in [-0.2, 0) is 16.9 Å². The molecule has 5 heteroatoms. The Morgan fingerprint density at radius 2 is 2.04 bits per heavy atom. The van der Waals surface area contributed by atoms with E-state index in [0.717, 1.165) is 36.2 Å². The van der Waals surface area contributed by atoms with Crippen LogP contribution in [0.15, 0.2) is 24.3 Å². The summed E-state index contributed by atoms with van der Waals surface area (Å²) in [7, 11) is 0. The van der Waals surface area contributed by atoms with Gasteiger partial charge in [-0.3, -0.25) is 9.48 Å². The van der Waals surface area contributed by atoms with Crippen molar-refractivity contribution in [3.8, 4) is 0 Å². The third kappa shape index (κ3) is 2.26. The van der Waals surface area contributed by atoms with Crippen LogP contribution in [0.4, 0.5) is 0 Å². The quantitative estimate of drug-likeness (QED) is 0.906. The van der Waals surface area contributed by atoms with Crippen LogP contribution in [0.2, 0.25) is 0 Å². The van der Waals surface area contributed by atoms with E-state index in [2.05, 4.69) is 43.5 Å². The molecule has 1 saturated heterocycles. The molecule has 1 aliphatic carbocycles. The molecule has 1 aliphatic heterocycles. The minimum absolute atomic E-state index is 0.182. The number of aryl methyl sites for hydroxylation is 1. The number of aromatic nitrogens is 2. The number of fused-ring (bicyclic) bond motifs is 2. The number of benzene rings is 1. The SMILES string of the molecule is CCn1nc(C(C)(C)NC(=O)C2C3CNCC32)c2ccccc21. The molecule has 2 fully saturated rings. The summed E-state index contributed by atoms with van der Waals surface area (Å²) < 4.78 is 2.01. The van der Waals surface area contributed by atoms with Crippen LogP contribution in [0, 0.1) is 17.8 Å². The molecular formula is C18H24N4O. The largest absolute Gasteiger partial charge is 0.345 e. The first-order valence-corrected chi connectivity index (χ1v) is 8.51. The number of piperidine rings is 1. The maximum absolute atomic E-state index is 12.6. The Morgan fingerprint density at radius 3 is 2.74 bits per heavy atom. The number of nitrogens with zero attached hydrogens (tertiary/aromatic N) is 2.